The minimum absolute atomic E-state index is 0.0783. The number of carbonyl (C=O) groups excluding carboxylic acids is 1. The lowest BCUT2D eigenvalue weighted by molar-refractivity contribution is 0.0930. The Hall–Kier alpha value is -2.07. The van der Waals surface area contributed by atoms with E-state index >= 15 is 0 Å². The number of benzene rings is 1. The first-order valence-electron chi connectivity index (χ1n) is 7.31. The molecule has 22 heavy (non-hydrogen) atoms. The molecular formula is C17H17ClN2O2. The second-order valence-electron chi connectivity index (χ2n) is 5.72. The summed E-state index contributed by atoms with van der Waals surface area (Å²) in [6.45, 7) is 1.78. The zero-order valence-electron chi connectivity index (χ0n) is 12.2. The predicted molar refractivity (Wildman–Crippen MR) is 86.2 cm³/mol. The second kappa shape index (κ2) is 5.97. The molecular weight excluding hydrogens is 300 g/mol. The van der Waals surface area contributed by atoms with Gasteiger partial charge in [-0.15, -0.1) is 0 Å². The monoisotopic (exact) mass is 316 g/mol. The summed E-state index contributed by atoms with van der Waals surface area (Å²) in [6, 6.07) is 10.7. The Morgan fingerprint density at radius 2 is 1.91 bits per heavy atom. The van der Waals surface area contributed by atoms with E-state index in [9.17, 15) is 9.59 Å². The number of pyridine rings is 1. The predicted octanol–water partition coefficient (Wildman–Crippen LogP) is 3.22. The molecule has 0 aliphatic heterocycles. The fraction of sp³-hybridized carbons (Fsp3) is 0.294. The van der Waals surface area contributed by atoms with Crippen LogP contribution in [0.1, 0.15) is 40.5 Å². The molecule has 2 aromatic rings. The van der Waals surface area contributed by atoms with Gasteiger partial charge >= 0.3 is 0 Å². The minimum Gasteiger partial charge on any atom is -0.345 e. The van der Waals surface area contributed by atoms with E-state index in [4.69, 9.17) is 11.6 Å². The van der Waals surface area contributed by atoms with Crippen LogP contribution in [0.25, 0.3) is 0 Å². The zero-order valence-corrected chi connectivity index (χ0v) is 13.0. The number of carbonyl (C=O) groups is 1. The molecule has 1 atom stereocenters. The Labute approximate surface area is 133 Å². The van der Waals surface area contributed by atoms with Crippen molar-refractivity contribution in [2.24, 2.45) is 5.92 Å². The number of halogens is 1. The van der Waals surface area contributed by atoms with Crippen molar-refractivity contribution >= 4 is 17.5 Å². The van der Waals surface area contributed by atoms with Crippen molar-refractivity contribution in [2.75, 3.05) is 0 Å². The van der Waals surface area contributed by atoms with Crippen LogP contribution in [0.15, 0.2) is 41.2 Å². The quantitative estimate of drug-likeness (QED) is 0.909. The van der Waals surface area contributed by atoms with Gasteiger partial charge in [0.1, 0.15) is 5.56 Å². The number of hydrogen-bond donors (Lipinski definition) is 2. The highest BCUT2D eigenvalue weighted by atomic mass is 35.5. The highest BCUT2D eigenvalue weighted by Gasteiger charge is 2.33. The summed E-state index contributed by atoms with van der Waals surface area (Å²) in [6.07, 6.45) is 2.16. The molecule has 1 fully saturated rings. The lowest BCUT2D eigenvalue weighted by Gasteiger charge is -2.18. The van der Waals surface area contributed by atoms with Crippen molar-refractivity contribution in [1.29, 1.82) is 0 Å². The fourth-order valence-electron chi connectivity index (χ4n) is 2.54. The van der Waals surface area contributed by atoms with E-state index in [1.54, 1.807) is 19.1 Å². The average Bonchev–Trinajstić information content (AvgIpc) is 3.30. The number of aryl methyl sites for hydroxylation is 1. The maximum Gasteiger partial charge on any atom is 0.260 e. The molecule has 3 rings (SSSR count). The van der Waals surface area contributed by atoms with E-state index in [-0.39, 0.29) is 23.1 Å². The largest absolute Gasteiger partial charge is 0.345 e. The summed E-state index contributed by atoms with van der Waals surface area (Å²) >= 11 is 5.92. The lowest BCUT2D eigenvalue weighted by Crippen LogP contribution is -2.33. The molecule has 1 aliphatic carbocycles. The summed E-state index contributed by atoms with van der Waals surface area (Å²) in [5, 5.41) is 3.66. The van der Waals surface area contributed by atoms with Crippen molar-refractivity contribution in [2.45, 2.75) is 25.8 Å². The van der Waals surface area contributed by atoms with E-state index in [1.165, 1.54) is 0 Å². The molecule has 5 heteroatoms. The van der Waals surface area contributed by atoms with E-state index in [0.29, 0.717) is 10.9 Å². The molecule has 0 saturated heterocycles. The molecule has 1 unspecified atom stereocenters. The van der Waals surface area contributed by atoms with Crippen molar-refractivity contribution in [3.05, 3.63) is 68.6 Å². The van der Waals surface area contributed by atoms with E-state index in [0.717, 1.165) is 24.1 Å². The van der Waals surface area contributed by atoms with Crippen LogP contribution in [0.4, 0.5) is 0 Å². The van der Waals surface area contributed by atoms with Gasteiger partial charge in [-0.2, -0.15) is 0 Å². The SMILES string of the molecule is Cc1ccc(C(=O)NC(c2ccc(Cl)cc2)C2CC2)c(=O)[nH]1. The highest BCUT2D eigenvalue weighted by Crippen LogP contribution is 2.41. The molecule has 1 aromatic heterocycles. The fourth-order valence-corrected chi connectivity index (χ4v) is 2.67. The number of rotatable bonds is 4. The van der Waals surface area contributed by atoms with Gasteiger partial charge in [-0.3, -0.25) is 9.59 Å². The average molecular weight is 317 g/mol. The van der Waals surface area contributed by atoms with Crippen molar-refractivity contribution < 1.29 is 4.79 Å². The second-order valence-corrected chi connectivity index (χ2v) is 6.16. The van der Waals surface area contributed by atoms with Crippen LogP contribution in [0.3, 0.4) is 0 Å². The van der Waals surface area contributed by atoms with Gasteiger partial charge < -0.3 is 10.3 Å². The summed E-state index contributed by atoms with van der Waals surface area (Å²) in [4.78, 5) is 26.9. The molecule has 1 aliphatic rings. The Kier molecular flexibility index (Phi) is 4.03. The van der Waals surface area contributed by atoms with Crippen LogP contribution in [-0.4, -0.2) is 10.9 Å². The Balaban J connectivity index is 1.83. The van der Waals surface area contributed by atoms with Gasteiger partial charge in [0.05, 0.1) is 6.04 Å². The van der Waals surface area contributed by atoms with Gasteiger partial charge in [-0.25, -0.2) is 0 Å². The molecule has 2 N–H and O–H groups in total. The third-order valence-corrected chi connectivity index (χ3v) is 4.16. The smallest absolute Gasteiger partial charge is 0.260 e. The van der Waals surface area contributed by atoms with Crippen LogP contribution in [0.5, 0.6) is 0 Å². The number of aromatic amines is 1. The molecule has 1 saturated carbocycles. The maximum atomic E-state index is 12.4. The lowest BCUT2D eigenvalue weighted by atomic mass is 10.0. The van der Waals surface area contributed by atoms with Gasteiger partial charge in [0.15, 0.2) is 0 Å². The normalized spacial score (nSPS) is 15.4. The maximum absolute atomic E-state index is 12.4. The topological polar surface area (TPSA) is 62.0 Å². The van der Waals surface area contributed by atoms with Crippen LogP contribution in [-0.2, 0) is 0 Å². The summed E-state index contributed by atoms with van der Waals surface area (Å²) in [7, 11) is 0. The van der Waals surface area contributed by atoms with Crippen LogP contribution >= 0.6 is 11.6 Å². The highest BCUT2D eigenvalue weighted by molar-refractivity contribution is 6.30. The summed E-state index contributed by atoms with van der Waals surface area (Å²) in [5.74, 6) is 0.0859. The molecule has 0 radical (unpaired) electrons. The molecule has 1 aromatic carbocycles. The Morgan fingerprint density at radius 1 is 1.23 bits per heavy atom. The summed E-state index contributed by atoms with van der Waals surface area (Å²) in [5.41, 5.74) is 1.54. The van der Waals surface area contributed by atoms with Crippen molar-refractivity contribution in [1.82, 2.24) is 10.3 Å². The van der Waals surface area contributed by atoms with Crippen molar-refractivity contribution in [3.63, 3.8) is 0 Å². The molecule has 0 spiro atoms. The minimum atomic E-state index is -0.358. The van der Waals surface area contributed by atoms with Crippen LogP contribution in [0, 0.1) is 12.8 Å². The number of H-pyrrole nitrogens is 1. The first-order chi connectivity index (χ1) is 10.5. The van der Waals surface area contributed by atoms with Gasteiger partial charge in [-0.1, -0.05) is 23.7 Å². The van der Waals surface area contributed by atoms with Gasteiger partial charge in [-0.05, 0) is 55.5 Å². The summed E-state index contributed by atoms with van der Waals surface area (Å²) < 4.78 is 0. The standard InChI is InChI=1S/C17H17ClN2O2/c1-10-2-9-14(16(21)19-10)17(22)20-15(11-3-4-11)12-5-7-13(18)8-6-12/h2,5-9,11,15H,3-4H2,1H3,(H,19,21)(H,20,22). The van der Waals surface area contributed by atoms with E-state index in [1.807, 2.05) is 24.3 Å². The van der Waals surface area contributed by atoms with Crippen LogP contribution in [0.2, 0.25) is 5.02 Å². The number of aromatic nitrogens is 1. The molecule has 1 heterocycles. The van der Waals surface area contributed by atoms with Gasteiger partial charge in [0.25, 0.3) is 11.5 Å². The molecule has 0 bridgehead atoms. The van der Waals surface area contributed by atoms with Gasteiger partial charge in [0.2, 0.25) is 0 Å². The molecule has 4 nitrogen and oxygen atoms in total. The third kappa shape index (κ3) is 3.22. The number of amides is 1. The first kappa shape index (κ1) is 14.9. The first-order valence-corrected chi connectivity index (χ1v) is 7.68. The number of hydrogen-bond acceptors (Lipinski definition) is 2. The van der Waals surface area contributed by atoms with Crippen LogP contribution < -0.4 is 10.9 Å². The third-order valence-electron chi connectivity index (χ3n) is 3.91. The number of nitrogens with one attached hydrogen (secondary N) is 2. The van der Waals surface area contributed by atoms with Crippen molar-refractivity contribution in [3.8, 4) is 0 Å². The Bertz CT molecular complexity index is 748. The van der Waals surface area contributed by atoms with E-state index in [2.05, 4.69) is 10.3 Å². The zero-order chi connectivity index (χ0) is 15.7. The molecule has 114 valence electrons. The molecule has 1 amide bonds. The van der Waals surface area contributed by atoms with Gasteiger partial charge in [0, 0.05) is 10.7 Å². The van der Waals surface area contributed by atoms with E-state index < -0.39 is 0 Å². The Morgan fingerprint density at radius 3 is 2.50 bits per heavy atom.